The number of anilines is 3. The van der Waals surface area contributed by atoms with Gasteiger partial charge in [0.15, 0.2) is 0 Å². The molecule has 4 nitrogen and oxygen atoms in total. The van der Waals surface area contributed by atoms with Gasteiger partial charge in [-0.25, -0.2) is 4.98 Å². The van der Waals surface area contributed by atoms with E-state index in [1.54, 1.807) is 24.4 Å². The zero-order valence-electron chi connectivity index (χ0n) is 11.5. The van der Waals surface area contributed by atoms with Crippen LogP contribution in [0.5, 0.6) is 0 Å². The number of halogens is 2. The highest BCUT2D eigenvalue weighted by molar-refractivity contribution is 6.42. The standard InChI is InChI=1S/C15H15Cl2N3O/c1-2-3-15(21)20-14-7-5-11(9-18-14)19-10-4-6-12(16)13(17)8-10/h4-9,19H,2-3H2,1H3,(H,18,20,21). The molecule has 0 spiro atoms. The predicted molar refractivity (Wildman–Crippen MR) is 87.5 cm³/mol. The molecule has 0 aliphatic carbocycles. The number of hydrogen-bond donors (Lipinski definition) is 2. The first-order chi connectivity index (χ1) is 10.1. The van der Waals surface area contributed by atoms with Gasteiger partial charge in [0.2, 0.25) is 5.91 Å². The molecule has 6 heteroatoms. The topological polar surface area (TPSA) is 54.0 Å². The molecule has 0 atom stereocenters. The van der Waals surface area contributed by atoms with Gasteiger partial charge in [-0.15, -0.1) is 0 Å². The summed E-state index contributed by atoms with van der Waals surface area (Å²) in [5.41, 5.74) is 1.61. The van der Waals surface area contributed by atoms with Gasteiger partial charge in [0.05, 0.1) is 21.9 Å². The SMILES string of the molecule is CCCC(=O)Nc1ccc(Nc2ccc(Cl)c(Cl)c2)cn1. The van der Waals surface area contributed by atoms with Gasteiger partial charge in [0.1, 0.15) is 5.82 Å². The largest absolute Gasteiger partial charge is 0.354 e. The molecule has 2 rings (SSSR count). The fourth-order valence-corrected chi connectivity index (χ4v) is 2.01. The lowest BCUT2D eigenvalue weighted by atomic mass is 10.3. The molecule has 21 heavy (non-hydrogen) atoms. The second kappa shape index (κ2) is 7.29. The van der Waals surface area contributed by atoms with Crippen molar-refractivity contribution >= 4 is 46.3 Å². The van der Waals surface area contributed by atoms with Crippen molar-refractivity contribution in [3.63, 3.8) is 0 Å². The lowest BCUT2D eigenvalue weighted by molar-refractivity contribution is -0.116. The quantitative estimate of drug-likeness (QED) is 0.825. The minimum atomic E-state index is -0.0322. The molecule has 0 aliphatic rings. The zero-order chi connectivity index (χ0) is 15.2. The van der Waals surface area contributed by atoms with Crippen LogP contribution in [0.15, 0.2) is 36.5 Å². The predicted octanol–water partition coefficient (Wildman–Crippen LogP) is 4.87. The van der Waals surface area contributed by atoms with Crippen molar-refractivity contribution in [3.05, 3.63) is 46.6 Å². The molecule has 2 N–H and O–H groups in total. The fourth-order valence-electron chi connectivity index (χ4n) is 1.71. The molecule has 0 aliphatic heterocycles. The minimum absolute atomic E-state index is 0.0322. The van der Waals surface area contributed by atoms with E-state index >= 15 is 0 Å². The maximum atomic E-state index is 11.5. The Kier molecular flexibility index (Phi) is 5.42. The first-order valence-corrected chi connectivity index (χ1v) is 7.32. The number of amides is 1. The van der Waals surface area contributed by atoms with E-state index in [1.807, 2.05) is 19.1 Å². The number of rotatable bonds is 5. The summed E-state index contributed by atoms with van der Waals surface area (Å²) >= 11 is 11.8. The van der Waals surface area contributed by atoms with Crippen LogP contribution in [0.25, 0.3) is 0 Å². The molecule has 0 fully saturated rings. The summed E-state index contributed by atoms with van der Waals surface area (Å²) in [6.07, 6.45) is 2.94. The van der Waals surface area contributed by atoms with Gasteiger partial charge >= 0.3 is 0 Å². The highest BCUT2D eigenvalue weighted by atomic mass is 35.5. The Morgan fingerprint density at radius 1 is 1.14 bits per heavy atom. The number of nitrogens with zero attached hydrogens (tertiary/aromatic N) is 1. The van der Waals surface area contributed by atoms with Crippen LogP contribution in [-0.4, -0.2) is 10.9 Å². The van der Waals surface area contributed by atoms with E-state index in [4.69, 9.17) is 23.2 Å². The number of pyridine rings is 1. The highest BCUT2D eigenvalue weighted by Crippen LogP contribution is 2.26. The Bertz CT molecular complexity index is 629. The molecule has 0 saturated heterocycles. The van der Waals surface area contributed by atoms with Crippen LogP contribution in [-0.2, 0) is 4.79 Å². The summed E-state index contributed by atoms with van der Waals surface area (Å²) in [4.78, 5) is 15.6. The van der Waals surface area contributed by atoms with Crippen LogP contribution in [0.3, 0.4) is 0 Å². The normalized spacial score (nSPS) is 10.2. The van der Waals surface area contributed by atoms with E-state index in [-0.39, 0.29) is 5.91 Å². The van der Waals surface area contributed by atoms with E-state index in [0.29, 0.717) is 22.3 Å². The Morgan fingerprint density at radius 3 is 2.52 bits per heavy atom. The monoisotopic (exact) mass is 323 g/mol. The third-order valence-electron chi connectivity index (χ3n) is 2.72. The Labute approximate surface area is 133 Å². The van der Waals surface area contributed by atoms with E-state index in [9.17, 15) is 4.79 Å². The van der Waals surface area contributed by atoms with E-state index in [0.717, 1.165) is 17.8 Å². The average Bonchev–Trinajstić information content (AvgIpc) is 2.45. The summed E-state index contributed by atoms with van der Waals surface area (Å²) < 4.78 is 0. The number of carbonyl (C=O) groups excluding carboxylic acids is 1. The molecule has 2 aromatic rings. The number of benzene rings is 1. The van der Waals surface area contributed by atoms with Gasteiger partial charge in [0, 0.05) is 12.1 Å². The molecule has 0 saturated carbocycles. The molecule has 1 amide bonds. The molecular formula is C15H15Cl2N3O. The summed E-state index contributed by atoms with van der Waals surface area (Å²) in [5.74, 6) is 0.503. The highest BCUT2D eigenvalue weighted by Gasteiger charge is 2.03. The van der Waals surface area contributed by atoms with E-state index in [2.05, 4.69) is 15.6 Å². The maximum absolute atomic E-state index is 11.5. The Morgan fingerprint density at radius 2 is 1.90 bits per heavy atom. The van der Waals surface area contributed by atoms with Crippen LogP contribution in [0, 0.1) is 0 Å². The molecule has 0 bridgehead atoms. The zero-order valence-corrected chi connectivity index (χ0v) is 13.0. The molecule has 110 valence electrons. The number of hydrogen-bond acceptors (Lipinski definition) is 3. The van der Waals surface area contributed by atoms with Gasteiger partial charge in [-0.2, -0.15) is 0 Å². The lowest BCUT2D eigenvalue weighted by Gasteiger charge is -2.08. The van der Waals surface area contributed by atoms with Gasteiger partial charge < -0.3 is 10.6 Å². The third kappa shape index (κ3) is 4.62. The summed E-state index contributed by atoms with van der Waals surface area (Å²) in [6.45, 7) is 1.96. The van der Waals surface area contributed by atoms with Gasteiger partial charge in [-0.05, 0) is 36.8 Å². The summed E-state index contributed by atoms with van der Waals surface area (Å²) in [6, 6.07) is 8.86. The molecule has 1 heterocycles. The van der Waals surface area contributed by atoms with Crippen LogP contribution in [0.4, 0.5) is 17.2 Å². The minimum Gasteiger partial charge on any atom is -0.354 e. The lowest BCUT2D eigenvalue weighted by Crippen LogP contribution is -2.11. The molecule has 0 unspecified atom stereocenters. The van der Waals surface area contributed by atoms with Gasteiger partial charge in [0.25, 0.3) is 0 Å². The van der Waals surface area contributed by atoms with Gasteiger partial charge in [-0.3, -0.25) is 4.79 Å². The second-order valence-corrected chi connectivity index (χ2v) is 5.30. The van der Waals surface area contributed by atoms with Crippen molar-refractivity contribution in [3.8, 4) is 0 Å². The van der Waals surface area contributed by atoms with Crippen LogP contribution in [0.2, 0.25) is 10.0 Å². The van der Waals surface area contributed by atoms with Crippen molar-refractivity contribution in [2.75, 3.05) is 10.6 Å². The van der Waals surface area contributed by atoms with Crippen LogP contribution >= 0.6 is 23.2 Å². The van der Waals surface area contributed by atoms with Crippen molar-refractivity contribution in [2.24, 2.45) is 0 Å². The fraction of sp³-hybridized carbons (Fsp3) is 0.200. The molecule has 1 aromatic heterocycles. The average molecular weight is 324 g/mol. The number of aromatic nitrogens is 1. The van der Waals surface area contributed by atoms with Crippen molar-refractivity contribution in [1.82, 2.24) is 4.98 Å². The van der Waals surface area contributed by atoms with E-state index < -0.39 is 0 Å². The number of carbonyl (C=O) groups is 1. The first kappa shape index (κ1) is 15.6. The van der Waals surface area contributed by atoms with Crippen molar-refractivity contribution < 1.29 is 4.79 Å². The van der Waals surface area contributed by atoms with Crippen molar-refractivity contribution in [1.29, 1.82) is 0 Å². The van der Waals surface area contributed by atoms with E-state index in [1.165, 1.54) is 0 Å². The molecule has 0 radical (unpaired) electrons. The third-order valence-corrected chi connectivity index (χ3v) is 3.46. The maximum Gasteiger partial charge on any atom is 0.225 e. The van der Waals surface area contributed by atoms with Crippen LogP contribution < -0.4 is 10.6 Å². The molecule has 1 aromatic carbocycles. The van der Waals surface area contributed by atoms with Crippen molar-refractivity contribution in [2.45, 2.75) is 19.8 Å². The second-order valence-electron chi connectivity index (χ2n) is 4.48. The Hall–Kier alpha value is -1.78. The van der Waals surface area contributed by atoms with Crippen LogP contribution in [0.1, 0.15) is 19.8 Å². The molecular weight excluding hydrogens is 309 g/mol. The Balaban J connectivity index is 2.01. The number of nitrogens with one attached hydrogen (secondary N) is 2. The van der Waals surface area contributed by atoms with Gasteiger partial charge in [-0.1, -0.05) is 30.1 Å². The summed E-state index contributed by atoms with van der Waals surface area (Å²) in [5, 5.41) is 6.89. The smallest absolute Gasteiger partial charge is 0.225 e. The summed E-state index contributed by atoms with van der Waals surface area (Å²) in [7, 11) is 0. The first-order valence-electron chi connectivity index (χ1n) is 6.56.